The second kappa shape index (κ2) is 9.29. The molecule has 0 radical (unpaired) electrons. The highest BCUT2D eigenvalue weighted by molar-refractivity contribution is 7.13. The Labute approximate surface area is 154 Å². The van der Waals surface area contributed by atoms with Gasteiger partial charge in [-0.2, -0.15) is 0 Å². The molecule has 1 aliphatic heterocycles. The van der Waals surface area contributed by atoms with Gasteiger partial charge in [0.05, 0.1) is 12.1 Å². The van der Waals surface area contributed by atoms with Crippen LogP contribution in [0, 0.1) is 11.8 Å². The zero-order chi connectivity index (χ0) is 18.4. The van der Waals surface area contributed by atoms with Crippen molar-refractivity contribution < 1.29 is 9.59 Å². The Kier molecular flexibility index (Phi) is 7.38. The minimum Gasteiger partial charge on any atom is -0.354 e. The summed E-state index contributed by atoms with van der Waals surface area (Å²) >= 11 is 1.35. The molecule has 0 spiro atoms. The van der Waals surface area contributed by atoms with E-state index in [2.05, 4.69) is 34.4 Å². The van der Waals surface area contributed by atoms with Crippen LogP contribution in [0.15, 0.2) is 5.38 Å². The van der Waals surface area contributed by atoms with E-state index in [1.165, 1.54) is 24.2 Å². The highest BCUT2D eigenvalue weighted by Crippen LogP contribution is 2.18. The minimum absolute atomic E-state index is 0.0238. The Morgan fingerprint density at radius 3 is 2.64 bits per heavy atom. The Hall–Kier alpha value is -1.47. The summed E-state index contributed by atoms with van der Waals surface area (Å²) in [7, 11) is 0. The summed E-state index contributed by atoms with van der Waals surface area (Å²) in [4.78, 5) is 30.6. The standard InChI is InChI=1S/C18H30N4O2S/c1-12(2)17(24)21-18-20-15(11-25-18)9-16(23)19-10-14(4)22-7-5-13(3)6-8-22/h11-14H,5-10H2,1-4H3,(H,19,23)(H,20,21,24)/t14-/m0/s1. The van der Waals surface area contributed by atoms with Crippen LogP contribution >= 0.6 is 11.3 Å². The summed E-state index contributed by atoms with van der Waals surface area (Å²) in [6, 6.07) is 0.354. The predicted molar refractivity (Wildman–Crippen MR) is 102 cm³/mol. The van der Waals surface area contributed by atoms with Crippen LogP contribution in [0.25, 0.3) is 0 Å². The molecule has 0 unspecified atom stereocenters. The van der Waals surface area contributed by atoms with Crippen molar-refractivity contribution in [3.05, 3.63) is 11.1 Å². The average molecular weight is 367 g/mol. The average Bonchev–Trinajstić information content (AvgIpc) is 3.00. The van der Waals surface area contributed by atoms with Gasteiger partial charge in [0.25, 0.3) is 0 Å². The maximum absolute atomic E-state index is 12.1. The van der Waals surface area contributed by atoms with Crippen LogP contribution in [0.3, 0.4) is 0 Å². The number of nitrogens with zero attached hydrogens (tertiary/aromatic N) is 2. The number of rotatable bonds is 7. The van der Waals surface area contributed by atoms with E-state index in [9.17, 15) is 9.59 Å². The number of hydrogen-bond donors (Lipinski definition) is 2. The first-order valence-electron chi connectivity index (χ1n) is 9.11. The molecule has 6 nitrogen and oxygen atoms in total. The first kappa shape index (κ1) is 19.8. The molecule has 0 bridgehead atoms. The lowest BCUT2D eigenvalue weighted by Gasteiger charge is -2.35. The highest BCUT2D eigenvalue weighted by atomic mass is 32.1. The lowest BCUT2D eigenvalue weighted by Crippen LogP contribution is -2.45. The Balaban J connectivity index is 1.73. The number of piperidine rings is 1. The van der Waals surface area contributed by atoms with Gasteiger partial charge < -0.3 is 10.6 Å². The van der Waals surface area contributed by atoms with Gasteiger partial charge in [0, 0.05) is 23.9 Å². The summed E-state index contributed by atoms with van der Waals surface area (Å²) in [6.45, 7) is 11.0. The first-order chi connectivity index (χ1) is 11.8. The van der Waals surface area contributed by atoms with E-state index in [4.69, 9.17) is 0 Å². The van der Waals surface area contributed by atoms with Crippen molar-refractivity contribution in [1.82, 2.24) is 15.2 Å². The molecular weight excluding hydrogens is 336 g/mol. The van der Waals surface area contributed by atoms with Crippen LogP contribution in [-0.4, -0.2) is 47.4 Å². The molecule has 2 amide bonds. The maximum atomic E-state index is 12.1. The summed E-state index contributed by atoms with van der Waals surface area (Å²) in [5, 5.41) is 8.14. The third-order valence-corrected chi connectivity index (χ3v) is 5.49. The fraction of sp³-hybridized carbons (Fsp3) is 0.722. The largest absolute Gasteiger partial charge is 0.354 e. The van der Waals surface area contributed by atoms with E-state index in [-0.39, 0.29) is 24.2 Å². The quantitative estimate of drug-likeness (QED) is 0.778. The number of thiazole rings is 1. The van der Waals surface area contributed by atoms with Crippen LogP contribution in [0.5, 0.6) is 0 Å². The van der Waals surface area contributed by atoms with Gasteiger partial charge in [0.2, 0.25) is 11.8 Å². The fourth-order valence-corrected chi connectivity index (χ4v) is 3.50. The van der Waals surface area contributed by atoms with E-state index < -0.39 is 0 Å². The molecule has 25 heavy (non-hydrogen) atoms. The highest BCUT2D eigenvalue weighted by Gasteiger charge is 2.20. The molecule has 1 aliphatic rings. The third-order valence-electron chi connectivity index (χ3n) is 4.68. The Morgan fingerprint density at radius 2 is 2.00 bits per heavy atom. The maximum Gasteiger partial charge on any atom is 0.228 e. The van der Waals surface area contributed by atoms with Crippen molar-refractivity contribution in [2.24, 2.45) is 11.8 Å². The molecule has 0 saturated carbocycles. The molecule has 1 fully saturated rings. The van der Waals surface area contributed by atoms with E-state index >= 15 is 0 Å². The first-order valence-corrected chi connectivity index (χ1v) is 9.99. The third kappa shape index (κ3) is 6.40. The number of carbonyl (C=O) groups is 2. The smallest absolute Gasteiger partial charge is 0.228 e. The predicted octanol–water partition coefficient (Wildman–Crippen LogP) is 2.52. The molecule has 1 aromatic rings. The number of anilines is 1. The van der Waals surface area contributed by atoms with Crippen molar-refractivity contribution in [2.45, 2.75) is 53.0 Å². The van der Waals surface area contributed by atoms with Crippen molar-refractivity contribution in [2.75, 3.05) is 25.0 Å². The molecule has 1 atom stereocenters. The molecule has 1 saturated heterocycles. The lowest BCUT2D eigenvalue weighted by molar-refractivity contribution is -0.121. The Bertz CT molecular complexity index is 579. The van der Waals surface area contributed by atoms with Crippen LogP contribution in [0.4, 0.5) is 5.13 Å². The summed E-state index contributed by atoms with van der Waals surface area (Å²) in [6.07, 6.45) is 2.72. The van der Waals surface area contributed by atoms with Gasteiger partial charge in [-0.25, -0.2) is 4.98 Å². The molecule has 7 heteroatoms. The summed E-state index contributed by atoms with van der Waals surface area (Å²) < 4.78 is 0. The van der Waals surface area contributed by atoms with Gasteiger partial charge in [0.1, 0.15) is 0 Å². The second-order valence-corrected chi connectivity index (χ2v) is 8.19. The normalized spacial score (nSPS) is 17.5. The zero-order valence-corrected chi connectivity index (χ0v) is 16.5. The monoisotopic (exact) mass is 366 g/mol. The van der Waals surface area contributed by atoms with Gasteiger partial charge in [-0.1, -0.05) is 20.8 Å². The van der Waals surface area contributed by atoms with Crippen LogP contribution < -0.4 is 10.6 Å². The number of nitrogens with one attached hydrogen (secondary N) is 2. The number of hydrogen-bond acceptors (Lipinski definition) is 5. The van der Waals surface area contributed by atoms with Crippen molar-refractivity contribution >= 4 is 28.3 Å². The molecule has 1 aromatic heterocycles. The summed E-state index contributed by atoms with van der Waals surface area (Å²) in [5.41, 5.74) is 0.695. The van der Waals surface area contributed by atoms with Gasteiger partial charge in [-0.15, -0.1) is 11.3 Å². The molecule has 0 aliphatic carbocycles. The molecule has 140 valence electrons. The fourth-order valence-electron chi connectivity index (χ4n) is 2.78. The molecule has 0 aromatic carbocycles. The van der Waals surface area contributed by atoms with Gasteiger partial charge in [-0.3, -0.25) is 14.5 Å². The topological polar surface area (TPSA) is 74.3 Å². The van der Waals surface area contributed by atoms with Crippen LogP contribution in [0.1, 0.15) is 46.2 Å². The van der Waals surface area contributed by atoms with Gasteiger partial charge in [0.15, 0.2) is 5.13 Å². The Morgan fingerprint density at radius 1 is 1.32 bits per heavy atom. The number of likely N-dealkylation sites (tertiary alicyclic amines) is 1. The van der Waals surface area contributed by atoms with E-state index in [0.29, 0.717) is 23.4 Å². The lowest BCUT2D eigenvalue weighted by atomic mass is 9.98. The number of aromatic nitrogens is 1. The SMILES string of the molecule is CC1CCN([C@@H](C)CNC(=O)Cc2csc(NC(=O)C(C)C)n2)CC1. The molecular formula is C18H30N4O2S. The second-order valence-electron chi connectivity index (χ2n) is 7.34. The van der Waals surface area contributed by atoms with Crippen LogP contribution in [0.2, 0.25) is 0 Å². The zero-order valence-electron chi connectivity index (χ0n) is 15.7. The van der Waals surface area contributed by atoms with E-state index in [0.717, 1.165) is 19.0 Å². The van der Waals surface area contributed by atoms with E-state index in [1.807, 2.05) is 19.2 Å². The number of carbonyl (C=O) groups excluding carboxylic acids is 2. The number of amides is 2. The summed E-state index contributed by atoms with van der Waals surface area (Å²) in [5.74, 6) is 0.641. The molecule has 2 rings (SSSR count). The van der Waals surface area contributed by atoms with Crippen molar-refractivity contribution in [3.63, 3.8) is 0 Å². The molecule has 2 heterocycles. The van der Waals surface area contributed by atoms with Crippen molar-refractivity contribution in [1.29, 1.82) is 0 Å². The minimum atomic E-state index is -0.0880. The van der Waals surface area contributed by atoms with Crippen LogP contribution in [-0.2, 0) is 16.0 Å². The van der Waals surface area contributed by atoms with Crippen molar-refractivity contribution in [3.8, 4) is 0 Å². The van der Waals surface area contributed by atoms with Gasteiger partial charge >= 0.3 is 0 Å². The van der Waals surface area contributed by atoms with Gasteiger partial charge in [-0.05, 0) is 38.8 Å². The van der Waals surface area contributed by atoms with E-state index in [1.54, 1.807) is 0 Å². The molecule has 2 N–H and O–H groups in total.